The van der Waals surface area contributed by atoms with Crippen molar-refractivity contribution in [3.8, 4) is 6.07 Å². The van der Waals surface area contributed by atoms with Crippen LogP contribution in [0.1, 0.15) is 26.4 Å². The van der Waals surface area contributed by atoms with Crippen LogP contribution in [0.2, 0.25) is 0 Å². The first-order valence-corrected chi connectivity index (χ1v) is 6.80. The monoisotopic (exact) mass is 346 g/mol. The Balaban J connectivity index is 1.97. The van der Waals surface area contributed by atoms with Crippen molar-refractivity contribution in [3.05, 3.63) is 57.8 Å². The molecule has 7 heteroatoms. The SMILES string of the molecule is N#CCc1cccc(C(=O)NNC(=O)c2cc(Br)c[nH]2)c1. The van der Waals surface area contributed by atoms with E-state index in [9.17, 15) is 9.59 Å². The van der Waals surface area contributed by atoms with Gasteiger partial charge in [0.2, 0.25) is 0 Å². The summed E-state index contributed by atoms with van der Waals surface area (Å²) < 4.78 is 0.739. The molecule has 2 rings (SSSR count). The zero-order valence-electron chi connectivity index (χ0n) is 10.8. The fourth-order valence-corrected chi connectivity index (χ4v) is 2.01. The van der Waals surface area contributed by atoms with Gasteiger partial charge in [0.05, 0.1) is 12.5 Å². The number of H-pyrrole nitrogens is 1. The summed E-state index contributed by atoms with van der Waals surface area (Å²) in [4.78, 5) is 26.4. The summed E-state index contributed by atoms with van der Waals surface area (Å²) in [5.74, 6) is -0.906. The van der Waals surface area contributed by atoms with Crippen molar-refractivity contribution in [3.63, 3.8) is 0 Å². The Morgan fingerprint density at radius 2 is 2.00 bits per heavy atom. The molecule has 2 aromatic rings. The molecule has 6 nitrogen and oxygen atoms in total. The van der Waals surface area contributed by atoms with E-state index in [1.807, 2.05) is 6.07 Å². The molecule has 1 aromatic heterocycles. The van der Waals surface area contributed by atoms with Gasteiger partial charge in [0.25, 0.3) is 11.8 Å². The Hall–Kier alpha value is -2.59. The number of aromatic amines is 1. The molecule has 0 aliphatic rings. The Kier molecular flexibility index (Phi) is 4.74. The Morgan fingerprint density at radius 3 is 2.67 bits per heavy atom. The van der Waals surface area contributed by atoms with Crippen LogP contribution >= 0.6 is 15.9 Å². The van der Waals surface area contributed by atoms with Gasteiger partial charge in [-0.2, -0.15) is 5.26 Å². The largest absolute Gasteiger partial charge is 0.356 e. The second-order valence-electron chi connectivity index (χ2n) is 4.18. The molecule has 0 saturated carbocycles. The lowest BCUT2D eigenvalue weighted by molar-refractivity contribution is 0.0844. The first-order valence-electron chi connectivity index (χ1n) is 6.00. The first-order chi connectivity index (χ1) is 10.1. The number of amides is 2. The number of hydrogen-bond donors (Lipinski definition) is 3. The summed E-state index contributed by atoms with van der Waals surface area (Å²) in [5, 5.41) is 8.64. The number of nitrogens with one attached hydrogen (secondary N) is 3. The van der Waals surface area contributed by atoms with Crippen molar-refractivity contribution in [1.29, 1.82) is 5.26 Å². The molecule has 1 heterocycles. The van der Waals surface area contributed by atoms with E-state index in [0.717, 1.165) is 10.0 Å². The van der Waals surface area contributed by atoms with Crippen LogP contribution in [0.5, 0.6) is 0 Å². The van der Waals surface area contributed by atoms with Crippen LogP contribution in [0.4, 0.5) is 0 Å². The third kappa shape index (κ3) is 3.94. The standard InChI is InChI=1S/C14H11BrN4O2/c15-11-7-12(17-8-11)14(21)19-18-13(20)10-3-1-2-9(6-10)4-5-16/h1-3,6-8,17H,4H2,(H,18,20)(H,19,21). The van der Waals surface area contributed by atoms with Crippen LogP contribution in [0.15, 0.2) is 41.0 Å². The van der Waals surface area contributed by atoms with Crippen molar-refractivity contribution >= 4 is 27.7 Å². The molecular weight excluding hydrogens is 336 g/mol. The number of hydrogen-bond acceptors (Lipinski definition) is 3. The molecule has 0 saturated heterocycles. The van der Waals surface area contributed by atoms with Gasteiger partial charge in [-0.25, -0.2) is 0 Å². The number of nitrogens with zero attached hydrogens (tertiary/aromatic N) is 1. The van der Waals surface area contributed by atoms with E-state index >= 15 is 0 Å². The van der Waals surface area contributed by atoms with Crippen molar-refractivity contribution in [1.82, 2.24) is 15.8 Å². The van der Waals surface area contributed by atoms with E-state index in [0.29, 0.717) is 11.3 Å². The van der Waals surface area contributed by atoms with Gasteiger partial charge in [0, 0.05) is 16.2 Å². The predicted octanol–water partition coefficient (Wildman–Crippen LogP) is 1.92. The summed E-state index contributed by atoms with van der Waals surface area (Å²) in [7, 11) is 0. The van der Waals surface area contributed by atoms with Gasteiger partial charge in [-0.1, -0.05) is 12.1 Å². The van der Waals surface area contributed by atoms with E-state index < -0.39 is 11.8 Å². The molecule has 0 aliphatic heterocycles. The van der Waals surface area contributed by atoms with Gasteiger partial charge in [-0.3, -0.25) is 20.4 Å². The van der Waals surface area contributed by atoms with Crippen LogP contribution in [-0.4, -0.2) is 16.8 Å². The van der Waals surface area contributed by atoms with Gasteiger partial charge in [0.15, 0.2) is 0 Å². The van der Waals surface area contributed by atoms with Crippen LogP contribution in [0, 0.1) is 11.3 Å². The number of aromatic nitrogens is 1. The number of nitriles is 1. The Bertz CT molecular complexity index is 718. The lowest BCUT2D eigenvalue weighted by Gasteiger charge is -2.07. The quantitative estimate of drug-likeness (QED) is 0.740. The molecule has 3 N–H and O–H groups in total. The highest BCUT2D eigenvalue weighted by molar-refractivity contribution is 9.10. The summed E-state index contributed by atoms with van der Waals surface area (Å²) in [6, 6.07) is 10.3. The zero-order chi connectivity index (χ0) is 15.2. The highest BCUT2D eigenvalue weighted by Gasteiger charge is 2.10. The van der Waals surface area contributed by atoms with E-state index in [-0.39, 0.29) is 6.42 Å². The third-order valence-electron chi connectivity index (χ3n) is 2.65. The minimum atomic E-state index is -0.456. The maximum atomic E-state index is 11.9. The number of carbonyl (C=O) groups is 2. The topological polar surface area (TPSA) is 97.8 Å². The molecule has 106 valence electrons. The summed E-state index contributed by atoms with van der Waals surface area (Å²) in [5.41, 5.74) is 6.06. The predicted molar refractivity (Wildman–Crippen MR) is 79.2 cm³/mol. The lowest BCUT2D eigenvalue weighted by Crippen LogP contribution is -2.41. The summed E-state index contributed by atoms with van der Waals surface area (Å²) >= 11 is 3.21. The molecule has 0 spiro atoms. The maximum absolute atomic E-state index is 11.9. The molecule has 0 unspecified atom stereocenters. The summed E-state index contributed by atoms with van der Waals surface area (Å²) in [6.45, 7) is 0. The molecular formula is C14H11BrN4O2. The van der Waals surface area contributed by atoms with Crippen molar-refractivity contribution in [2.45, 2.75) is 6.42 Å². The molecule has 21 heavy (non-hydrogen) atoms. The highest BCUT2D eigenvalue weighted by Crippen LogP contribution is 2.10. The normalized spacial score (nSPS) is 9.71. The third-order valence-corrected chi connectivity index (χ3v) is 3.11. The van der Waals surface area contributed by atoms with Gasteiger partial charge in [-0.15, -0.1) is 0 Å². The van der Waals surface area contributed by atoms with E-state index in [4.69, 9.17) is 5.26 Å². The average Bonchev–Trinajstić information content (AvgIpc) is 2.92. The molecule has 0 bridgehead atoms. The lowest BCUT2D eigenvalue weighted by atomic mass is 10.1. The highest BCUT2D eigenvalue weighted by atomic mass is 79.9. The molecule has 0 atom stereocenters. The van der Waals surface area contributed by atoms with E-state index in [2.05, 4.69) is 31.8 Å². The summed E-state index contributed by atoms with van der Waals surface area (Å²) in [6.07, 6.45) is 1.84. The number of hydrazine groups is 1. The molecule has 2 amide bonds. The van der Waals surface area contributed by atoms with Crippen molar-refractivity contribution in [2.75, 3.05) is 0 Å². The van der Waals surface area contributed by atoms with Crippen molar-refractivity contribution in [2.24, 2.45) is 0 Å². The number of rotatable bonds is 3. The first kappa shape index (κ1) is 14.8. The fourth-order valence-electron chi connectivity index (χ4n) is 1.67. The Labute approximate surface area is 129 Å². The second-order valence-corrected chi connectivity index (χ2v) is 5.09. The number of benzene rings is 1. The van der Waals surface area contributed by atoms with Crippen LogP contribution in [0.3, 0.4) is 0 Å². The minimum absolute atomic E-state index is 0.226. The van der Waals surface area contributed by atoms with Gasteiger partial charge in [-0.05, 0) is 39.7 Å². The molecule has 0 aliphatic carbocycles. The minimum Gasteiger partial charge on any atom is -0.356 e. The van der Waals surface area contributed by atoms with Crippen LogP contribution in [0.25, 0.3) is 0 Å². The smallest absolute Gasteiger partial charge is 0.286 e. The zero-order valence-corrected chi connectivity index (χ0v) is 12.4. The van der Waals surface area contributed by atoms with Crippen LogP contribution in [-0.2, 0) is 6.42 Å². The second kappa shape index (κ2) is 6.72. The van der Waals surface area contributed by atoms with E-state index in [1.54, 1.807) is 36.5 Å². The molecule has 0 fully saturated rings. The fraction of sp³-hybridized carbons (Fsp3) is 0.0714. The molecule has 0 radical (unpaired) electrons. The van der Waals surface area contributed by atoms with Crippen LogP contribution < -0.4 is 10.9 Å². The Morgan fingerprint density at radius 1 is 1.24 bits per heavy atom. The van der Waals surface area contributed by atoms with Gasteiger partial charge < -0.3 is 4.98 Å². The van der Waals surface area contributed by atoms with Gasteiger partial charge in [0.1, 0.15) is 5.69 Å². The average molecular weight is 347 g/mol. The van der Waals surface area contributed by atoms with Crippen molar-refractivity contribution < 1.29 is 9.59 Å². The van der Waals surface area contributed by atoms with E-state index in [1.165, 1.54) is 0 Å². The molecule has 1 aromatic carbocycles. The van der Waals surface area contributed by atoms with Gasteiger partial charge >= 0.3 is 0 Å². The maximum Gasteiger partial charge on any atom is 0.286 e. The number of carbonyl (C=O) groups excluding carboxylic acids is 2. The number of halogens is 1.